The summed E-state index contributed by atoms with van der Waals surface area (Å²) in [7, 11) is 0. The van der Waals surface area contributed by atoms with Crippen molar-refractivity contribution in [2.75, 3.05) is 28.2 Å². The predicted octanol–water partition coefficient (Wildman–Crippen LogP) is 3.40. The SMILES string of the molecule is O=C(Nc1ccccn1)N1c2nc(-c3cccc(Cl)c3)ccc2N2CC(O)C1C2. The Morgan fingerprint density at radius 2 is 2.03 bits per heavy atom. The summed E-state index contributed by atoms with van der Waals surface area (Å²) in [6.07, 6.45) is 0.954. The maximum absolute atomic E-state index is 13.1. The minimum absolute atomic E-state index is 0.369. The lowest BCUT2D eigenvalue weighted by molar-refractivity contribution is 0.176. The van der Waals surface area contributed by atoms with Gasteiger partial charge in [0.25, 0.3) is 0 Å². The third-order valence-electron chi connectivity index (χ3n) is 5.25. The number of hydrogen-bond donors (Lipinski definition) is 2. The van der Waals surface area contributed by atoms with Gasteiger partial charge in [0.15, 0.2) is 5.82 Å². The van der Waals surface area contributed by atoms with Crippen LogP contribution >= 0.6 is 11.6 Å². The van der Waals surface area contributed by atoms with Crippen LogP contribution in [0.25, 0.3) is 11.3 Å². The van der Waals surface area contributed by atoms with Crippen molar-refractivity contribution in [2.45, 2.75) is 12.1 Å². The molecule has 4 heterocycles. The Morgan fingerprint density at radius 1 is 1.14 bits per heavy atom. The Kier molecular flexibility index (Phi) is 4.34. The molecule has 2 aromatic heterocycles. The summed E-state index contributed by atoms with van der Waals surface area (Å²) in [4.78, 5) is 25.7. The maximum Gasteiger partial charge on any atom is 0.329 e. The number of anilines is 3. The van der Waals surface area contributed by atoms with E-state index in [1.54, 1.807) is 35.4 Å². The number of aliphatic hydroxyl groups excluding tert-OH is 1. The molecule has 2 aliphatic rings. The van der Waals surface area contributed by atoms with E-state index < -0.39 is 6.10 Å². The number of nitrogens with zero attached hydrogens (tertiary/aromatic N) is 4. The molecular formula is C21H18ClN5O2. The number of rotatable bonds is 2. The summed E-state index contributed by atoms with van der Waals surface area (Å²) in [5.74, 6) is 0.962. The molecule has 0 radical (unpaired) electrons. The molecule has 1 fully saturated rings. The van der Waals surface area contributed by atoms with Gasteiger partial charge in [-0.15, -0.1) is 0 Å². The molecule has 0 aliphatic carbocycles. The number of hydrogen-bond acceptors (Lipinski definition) is 5. The molecule has 1 aromatic carbocycles. The zero-order valence-electron chi connectivity index (χ0n) is 15.4. The highest BCUT2D eigenvalue weighted by atomic mass is 35.5. The van der Waals surface area contributed by atoms with Gasteiger partial charge < -0.3 is 10.0 Å². The van der Waals surface area contributed by atoms with Gasteiger partial charge >= 0.3 is 6.03 Å². The summed E-state index contributed by atoms with van der Waals surface area (Å²) >= 11 is 6.13. The first kappa shape index (κ1) is 17.9. The van der Waals surface area contributed by atoms with E-state index in [1.165, 1.54) is 0 Å². The van der Waals surface area contributed by atoms with Gasteiger partial charge in [-0.1, -0.05) is 29.8 Å². The van der Waals surface area contributed by atoms with Crippen LogP contribution in [0.4, 0.5) is 22.1 Å². The summed E-state index contributed by atoms with van der Waals surface area (Å²) in [6.45, 7) is 1.02. The maximum atomic E-state index is 13.1. The number of benzene rings is 1. The quantitative estimate of drug-likeness (QED) is 0.680. The normalized spacial score (nSPS) is 19.8. The van der Waals surface area contributed by atoms with Gasteiger partial charge in [0.2, 0.25) is 0 Å². The van der Waals surface area contributed by atoms with Crippen molar-refractivity contribution >= 4 is 35.0 Å². The number of halogens is 1. The van der Waals surface area contributed by atoms with Gasteiger partial charge in [-0.25, -0.2) is 14.8 Å². The second-order valence-corrected chi connectivity index (χ2v) is 7.54. The number of urea groups is 1. The molecule has 1 saturated heterocycles. The van der Waals surface area contributed by atoms with E-state index in [-0.39, 0.29) is 12.1 Å². The molecule has 2 atom stereocenters. The van der Waals surface area contributed by atoms with Crippen molar-refractivity contribution in [1.29, 1.82) is 0 Å². The van der Waals surface area contributed by atoms with E-state index in [0.717, 1.165) is 11.3 Å². The molecule has 0 spiro atoms. The van der Waals surface area contributed by atoms with E-state index in [4.69, 9.17) is 16.6 Å². The molecule has 2 aliphatic heterocycles. The minimum atomic E-state index is -0.659. The Labute approximate surface area is 172 Å². The highest BCUT2D eigenvalue weighted by Gasteiger charge is 2.45. The molecule has 5 rings (SSSR count). The molecular weight excluding hydrogens is 390 g/mol. The van der Waals surface area contributed by atoms with E-state index in [0.29, 0.717) is 35.4 Å². The van der Waals surface area contributed by atoms with Crippen LogP contribution in [-0.4, -0.2) is 46.3 Å². The number of carbonyl (C=O) groups is 1. The number of pyridine rings is 2. The molecule has 2 unspecified atom stereocenters. The van der Waals surface area contributed by atoms with Gasteiger partial charge in [-0.2, -0.15) is 0 Å². The summed E-state index contributed by atoms with van der Waals surface area (Å²) < 4.78 is 0. The zero-order chi connectivity index (χ0) is 20.0. The second-order valence-electron chi connectivity index (χ2n) is 7.10. The highest BCUT2D eigenvalue weighted by Crippen LogP contribution is 2.40. The Balaban J connectivity index is 1.57. The largest absolute Gasteiger partial charge is 0.389 e. The van der Waals surface area contributed by atoms with Crippen LogP contribution < -0.4 is 15.1 Å². The standard InChI is InChI=1S/C21H18ClN5O2/c22-14-5-3-4-13(10-14)15-7-8-16-20(24-15)27(17-11-26(16)12-18(17)28)21(29)25-19-6-1-2-9-23-19/h1-10,17-18,28H,11-12H2,(H,23,25,29). The Hall–Kier alpha value is -3.16. The Morgan fingerprint density at radius 3 is 2.83 bits per heavy atom. The second kappa shape index (κ2) is 7.02. The summed E-state index contributed by atoms with van der Waals surface area (Å²) in [5.41, 5.74) is 2.39. The van der Waals surface area contributed by atoms with Gasteiger partial charge in [0.05, 0.1) is 23.5 Å². The average Bonchev–Trinajstić information content (AvgIpc) is 3.05. The van der Waals surface area contributed by atoms with E-state index >= 15 is 0 Å². The highest BCUT2D eigenvalue weighted by molar-refractivity contribution is 6.30. The number of carbonyl (C=O) groups excluding carboxylic acids is 1. The van der Waals surface area contributed by atoms with Crippen LogP contribution in [0.1, 0.15) is 0 Å². The van der Waals surface area contributed by atoms with Crippen LogP contribution in [0, 0.1) is 0 Å². The fourth-order valence-corrected chi connectivity index (χ4v) is 4.09. The van der Waals surface area contributed by atoms with Crippen molar-refractivity contribution in [1.82, 2.24) is 9.97 Å². The van der Waals surface area contributed by atoms with Crippen LogP contribution in [0.2, 0.25) is 5.02 Å². The first-order valence-corrected chi connectivity index (χ1v) is 9.69. The summed E-state index contributed by atoms with van der Waals surface area (Å²) in [6, 6.07) is 15.8. The van der Waals surface area contributed by atoms with Gasteiger partial charge in [0.1, 0.15) is 5.82 Å². The number of aliphatic hydroxyl groups is 1. The minimum Gasteiger partial charge on any atom is -0.389 e. The zero-order valence-corrected chi connectivity index (χ0v) is 16.1. The molecule has 7 nitrogen and oxygen atoms in total. The van der Waals surface area contributed by atoms with Gasteiger partial charge in [-0.3, -0.25) is 10.2 Å². The summed E-state index contributed by atoms with van der Waals surface area (Å²) in [5, 5.41) is 14.0. The van der Waals surface area contributed by atoms with E-state index in [1.807, 2.05) is 30.3 Å². The molecule has 2 N–H and O–H groups in total. The first-order valence-electron chi connectivity index (χ1n) is 9.31. The van der Waals surface area contributed by atoms with Crippen molar-refractivity contribution in [3.63, 3.8) is 0 Å². The van der Waals surface area contributed by atoms with Gasteiger partial charge in [-0.05, 0) is 36.4 Å². The number of nitrogens with one attached hydrogen (secondary N) is 1. The fourth-order valence-electron chi connectivity index (χ4n) is 3.90. The molecule has 8 heteroatoms. The van der Waals surface area contributed by atoms with Crippen molar-refractivity contribution < 1.29 is 9.90 Å². The molecule has 146 valence electrons. The number of aromatic nitrogens is 2. The number of fused-ring (bicyclic) bond motifs is 4. The lowest BCUT2D eigenvalue weighted by Crippen LogP contribution is -2.51. The topological polar surface area (TPSA) is 81.6 Å². The van der Waals surface area contributed by atoms with Crippen molar-refractivity contribution in [3.8, 4) is 11.3 Å². The molecule has 29 heavy (non-hydrogen) atoms. The molecule has 2 amide bonds. The van der Waals surface area contributed by atoms with Crippen LogP contribution in [0.15, 0.2) is 60.8 Å². The lowest BCUT2D eigenvalue weighted by Gasteiger charge is -2.36. The van der Waals surface area contributed by atoms with E-state index in [9.17, 15) is 9.90 Å². The monoisotopic (exact) mass is 407 g/mol. The first-order chi connectivity index (χ1) is 14.1. The smallest absolute Gasteiger partial charge is 0.329 e. The predicted molar refractivity (Wildman–Crippen MR) is 112 cm³/mol. The molecule has 2 bridgehead atoms. The van der Waals surface area contributed by atoms with Crippen LogP contribution in [0.5, 0.6) is 0 Å². The third-order valence-corrected chi connectivity index (χ3v) is 5.49. The van der Waals surface area contributed by atoms with Gasteiger partial charge in [0, 0.05) is 29.9 Å². The van der Waals surface area contributed by atoms with Crippen molar-refractivity contribution in [2.24, 2.45) is 0 Å². The molecule has 0 saturated carbocycles. The van der Waals surface area contributed by atoms with Crippen LogP contribution in [-0.2, 0) is 0 Å². The third kappa shape index (κ3) is 3.18. The number of amides is 2. The van der Waals surface area contributed by atoms with Crippen LogP contribution in [0.3, 0.4) is 0 Å². The van der Waals surface area contributed by atoms with Crippen molar-refractivity contribution in [3.05, 3.63) is 65.8 Å². The Bertz CT molecular complexity index is 1080. The van der Waals surface area contributed by atoms with E-state index in [2.05, 4.69) is 15.2 Å². The lowest BCUT2D eigenvalue weighted by atomic mass is 10.1. The average molecular weight is 408 g/mol. The fraction of sp³-hybridized carbons (Fsp3) is 0.190. The molecule has 3 aromatic rings.